The monoisotopic (exact) mass is 339 g/mol. The lowest BCUT2D eigenvalue weighted by Crippen LogP contribution is -2.25. The quantitative estimate of drug-likeness (QED) is 0.775. The third kappa shape index (κ3) is 3.58. The van der Waals surface area contributed by atoms with Crippen molar-refractivity contribution in [2.45, 2.75) is 0 Å². The second-order valence-electron chi connectivity index (χ2n) is 4.08. The number of nitrogens with zero attached hydrogens (tertiary/aromatic N) is 1. The van der Waals surface area contributed by atoms with Gasteiger partial charge in [-0.15, -0.1) is 11.3 Å². The van der Waals surface area contributed by atoms with E-state index in [2.05, 4.69) is 15.9 Å². The Kier molecular flexibility index (Phi) is 4.61. The molecule has 0 saturated heterocycles. The van der Waals surface area contributed by atoms with Crippen molar-refractivity contribution < 1.29 is 9.53 Å². The van der Waals surface area contributed by atoms with Crippen molar-refractivity contribution in [1.82, 2.24) is 0 Å². The molecular weight excluding hydrogens is 326 g/mol. The highest BCUT2D eigenvalue weighted by Crippen LogP contribution is 2.24. The number of ether oxygens (including phenoxy) is 1. The van der Waals surface area contributed by atoms with Crippen molar-refractivity contribution in [2.24, 2.45) is 0 Å². The smallest absolute Gasteiger partial charge is 0.192 e. The molecule has 0 bridgehead atoms. The minimum absolute atomic E-state index is 0.112. The van der Waals surface area contributed by atoms with Gasteiger partial charge in [-0.3, -0.25) is 4.79 Å². The molecule has 0 spiro atoms. The van der Waals surface area contributed by atoms with Gasteiger partial charge >= 0.3 is 0 Å². The summed E-state index contributed by atoms with van der Waals surface area (Å²) in [6, 6.07) is 11.4. The topological polar surface area (TPSA) is 29.5 Å². The fraction of sp³-hybridized carbons (Fsp3) is 0.214. The van der Waals surface area contributed by atoms with E-state index >= 15 is 0 Å². The minimum atomic E-state index is 0.112. The van der Waals surface area contributed by atoms with Crippen LogP contribution in [-0.4, -0.2) is 26.5 Å². The molecule has 0 amide bonds. The summed E-state index contributed by atoms with van der Waals surface area (Å²) in [7, 11) is 3.53. The first-order chi connectivity index (χ1) is 9.10. The van der Waals surface area contributed by atoms with Gasteiger partial charge in [-0.1, -0.05) is 6.07 Å². The number of hydrogen-bond acceptors (Lipinski definition) is 4. The molecule has 0 aliphatic rings. The number of methoxy groups -OCH3 is 1. The zero-order valence-electron chi connectivity index (χ0n) is 10.7. The van der Waals surface area contributed by atoms with Gasteiger partial charge in [-0.25, -0.2) is 0 Å². The van der Waals surface area contributed by atoms with Gasteiger partial charge in [0.1, 0.15) is 5.75 Å². The van der Waals surface area contributed by atoms with Crippen LogP contribution in [0.2, 0.25) is 0 Å². The maximum Gasteiger partial charge on any atom is 0.192 e. The summed E-state index contributed by atoms with van der Waals surface area (Å²) in [5, 5.41) is 0. The van der Waals surface area contributed by atoms with Crippen molar-refractivity contribution in [1.29, 1.82) is 0 Å². The SMILES string of the molecule is COc1cccc(N(C)CC(=O)c2ccc(Br)s2)c1. The lowest BCUT2D eigenvalue weighted by Gasteiger charge is -2.18. The van der Waals surface area contributed by atoms with Crippen molar-refractivity contribution >= 4 is 38.7 Å². The molecule has 3 nitrogen and oxygen atoms in total. The van der Waals surface area contributed by atoms with E-state index in [-0.39, 0.29) is 5.78 Å². The highest BCUT2D eigenvalue weighted by atomic mass is 79.9. The second kappa shape index (κ2) is 6.21. The lowest BCUT2D eigenvalue weighted by molar-refractivity contribution is 0.100. The van der Waals surface area contributed by atoms with E-state index in [0.717, 1.165) is 20.1 Å². The van der Waals surface area contributed by atoms with Crippen molar-refractivity contribution in [3.8, 4) is 5.75 Å². The van der Waals surface area contributed by atoms with Crippen LogP contribution in [0, 0.1) is 0 Å². The molecule has 2 aromatic rings. The molecule has 0 N–H and O–H groups in total. The molecule has 100 valence electrons. The molecule has 0 aliphatic carbocycles. The van der Waals surface area contributed by atoms with E-state index in [0.29, 0.717) is 6.54 Å². The average Bonchev–Trinajstić information content (AvgIpc) is 2.85. The normalized spacial score (nSPS) is 10.3. The Morgan fingerprint density at radius 1 is 1.37 bits per heavy atom. The molecule has 1 heterocycles. The molecule has 0 saturated carbocycles. The Morgan fingerprint density at radius 3 is 2.79 bits per heavy atom. The van der Waals surface area contributed by atoms with Crippen LogP contribution in [-0.2, 0) is 0 Å². The van der Waals surface area contributed by atoms with Crippen molar-refractivity contribution in [3.63, 3.8) is 0 Å². The number of anilines is 1. The van der Waals surface area contributed by atoms with Crippen LogP contribution < -0.4 is 9.64 Å². The van der Waals surface area contributed by atoms with Gasteiger partial charge in [0.2, 0.25) is 0 Å². The third-order valence-corrected chi connectivity index (χ3v) is 4.39. The number of carbonyl (C=O) groups is 1. The summed E-state index contributed by atoms with van der Waals surface area (Å²) in [6.07, 6.45) is 0. The Labute approximate surface area is 124 Å². The van der Waals surface area contributed by atoms with Crippen LogP contribution in [0.25, 0.3) is 0 Å². The number of hydrogen-bond donors (Lipinski definition) is 0. The van der Waals surface area contributed by atoms with Gasteiger partial charge in [0.05, 0.1) is 22.3 Å². The molecule has 0 unspecified atom stereocenters. The van der Waals surface area contributed by atoms with Gasteiger partial charge in [0, 0.05) is 18.8 Å². The Morgan fingerprint density at radius 2 is 2.16 bits per heavy atom. The van der Waals surface area contributed by atoms with Crippen LogP contribution in [0.3, 0.4) is 0 Å². The number of likely N-dealkylation sites (N-methyl/N-ethyl adjacent to an activating group) is 1. The molecule has 2 rings (SSSR count). The number of benzene rings is 1. The fourth-order valence-corrected chi connectivity index (χ4v) is 3.01. The first-order valence-electron chi connectivity index (χ1n) is 5.74. The predicted molar refractivity (Wildman–Crippen MR) is 82.6 cm³/mol. The summed E-state index contributed by atoms with van der Waals surface area (Å²) in [5.41, 5.74) is 0.961. The first-order valence-corrected chi connectivity index (χ1v) is 7.35. The molecule has 1 aromatic carbocycles. The highest BCUT2D eigenvalue weighted by Gasteiger charge is 2.12. The third-order valence-electron chi connectivity index (χ3n) is 2.72. The zero-order chi connectivity index (χ0) is 13.8. The molecule has 0 aliphatic heterocycles. The predicted octanol–water partition coefficient (Wildman–Crippen LogP) is 3.84. The fourth-order valence-electron chi connectivity index (χ4n) is 1.70. The Balaban J connectivity index is 2.08. The van der Waals surface area contributed by atoms with Crippen LogP contribution >= 0.6 is 27.3 Å². The van der Waals surface area contributed by atoms with Crippen molar-refractivity contribution in [2.75, 3.05) is 25.6 Å². The highest BCUT2D eigenvalue weighted by molar-refractivity contribution is 9.11. The van der Waals surface area contributed by atoms with Gasteiger partial charge in [0.25, 0.3) is 0 Å². The number of ketones is 1. The van der Waals surface area contributed by atoms with E-state index in [1.54, 1.807) is 7.11 Å². The summed E-state index contributed by atoms with van der Waals surface area (Å²) in [4.78, 5) is 14.8. The number of halogens is 1. The van der Waals surface area contributed by atoms with Crippen LogP contribution in [0.15, 0.2) is 40.2 Å². The van der Waals surface area contributed by atoms with Gasteiger partial charge < -0.3 is 9.64 Å². The van der Waals surface area contributed by atoms with Gasteiger partial charge in [-0.05, 0) is 40.2 Å². The number of Topliss-reactive ketones (excluding diaryl/α,β-unsaturated/α-hetero) is 1. The summed E-state index contributed by atoms with van der Waals surface area (Å²) in [6.45, 7) is 0.347. The second-order valence-corrected chi connectivity index (χ2v) is 6.55. The lowest BCUT2D eigenvalue weighted by atomic mass is 10.2. The molecular formula is C14H14BrNO2S. The summed E-state index contributed by atoms with van der Waals surface area (Å²) >= 11 is 4.82. The molecule has 0 fully saturated rings. The van der Waals surface area contributed by atoms with E-state index in [1.807, 2.05) is 48.3 Å². The largest absolute Gasteiger partial charge is 0.497 e. The van der Waals surface area contributed by atoms with Crippen LogP contribution in [0.1, 0.15) is 9.67 Å². The molecule has 19 heavy (non-hydrogen) atoms. The average molecular weight is 340 g/mol. The van der Waals surface area contributed by atoms with Gasteiger partial charge in [0.15, 0.2) is 5.78 Å². The van der Waals surface area contributed by atoms with E-state index < -0.39 is 0 Å². The number of thiophene rings is 1. The Hall–Kier alpha value is -1.33. The molecule has 0 radical (unpaired) electrons. The number of carbonyl (C=O) groups excluding carboxylic acids is 1. The number of rotatable bonds is 5. The summed E-state index contributed by atoms with van der Waals surface area (Å²) in [5.74, 6) is 0.900. The molecule has 5 heteroatoms. The zero-order valence-corrected chi connectivity index (χ0v) is 13.1. The molecule has 1 aromatic heterocycles. The molecule has 0 atom stereocenters. The van der Waals surface area contributed by atoms with Crippen LogP contribution in [0.4, 0.5) is 5.69 Å². The van der Waals surface area contributed by atoms with Crippen LogP contribution in [0.5, 0.6) is 5.75 Å². The Bertz CT molecular complexity index is 582. The maximum absolute atomic E-state index is 12.1. The standard InChI is InChI=1S/C14H14BrNO2S/c1-16(10-4-3-5-11(8-10)18-2)9-12(17)13-6-7-14(15)19-13/h3-8H,9H2,1-2H3. The maximum atomic E-state index is 12.1. The van der Waals surface area contributed by atoms with E-state index in [9.17, 15) is 4.79 Å². The van der Waals surface area contributed by atoms with Crippen molar-refractivity contribution in [3.05, 3.63) is 45.1 Å². The minimum Gasteiger partial charge on any atom is -0.497 e. The van der Waals surface area contributed by atoms with Gasteiger partial charge in [-0.2, -0.15) is 0 Å². The van der Waals surface area contributed by atoms with E-state index in [1.165, 1.54) is 11.3 Å². The first kappa shape index (κ1) is 14.1. The van der Waals surface area contributed by atoms with E-state index in [4.69, 9.17) is 4.74 Å². The summed E-state index contributed by atoms with van der Waals surface area (Å²) < 4.78 is 6.15.